The molecular formula is C14H16ClNO4. The van der Waals surface area contributed by atoms with Crippen molar-refractivity contribution in [2.45, 2.75) is 19.4 Å². The molecule has 0 aromatic heterocycles. The Hall–Kier alpha value is -1.46. The fraction of sp³-hybridized carbons (Fsp3) is 0.500. The van der Waals surface area contributed by atoms with Crippen molar-refractivity contribution in [2.24, 2.45) is 0 Å². The third-order valence-corrected chi connectivity index (χ3v) is 3.84. The summed E-state index contributed by atoms with van der Waals surface area (Å²) in [5.41, 5.74) is 0.524. The average Bonchev–Trinajstić information content (AvgIpc) is 2.95. The Labute approximate surface area is 122 Å². The second-order valence-corrected chi connectivity index (χ2v) is 5.25. The molecule has 2 aliphatic rings. The maximum Gasteiger partial charge on any atom is 0.254 e. The quantitative estimate of drug-likeness (QED) is 0.840. The molecule has 20 heavy (non-hydrogen) atoms. The van der Waals surface area contributed by atoms with Gasteiger partial charge in [0.25, 0.3) is 5.91 Å². The van der Waals surface area contributed by atoms with Crippen molar-refractivity contribution in [3.8, 4) is 11.5 Å². The van der Waals surface area contributed by atoms with Gasteiger partial charge in [0.15, 0.2) is 11.5 Å². The third kappa shape index (κ3) is 2.43. The van der Waals surface area contributed by atoms with Gasteiger partial charge < -0.3 is 19.1 Å². The molecule has 0 unspecified atom stereocenters. The normalized spacial score (nSPS) is 21.1. The number of ether oxygens (including phenoxy) is 3. The molecule has 6 heteroatoms. The molecular weight excluding hydrogens is 282 g/mol. The highest BCUT2D eigenvalue weighted by atomic mass is 35.5. The lowest BCUT2D eigenvalue weighted by Gasteiger charge is -2.32. The molecule has 0 bridgehead atoms. The second-order valence-electron chi connectivity index (χ2n) is 4.84. The fourth-order valence-electron chi connectivity index (χ4n) is 2.42. The molecule has 2 aliphatic heterocycles. The Bertz CT molecular complexity index is 534. The highest BCUT2D eigenvalue weighted by Gasteiger charge is 2.26. The van der Waals surface area contributed by atoms with Gasteiger partial charge in [-0.3, -0.25) is 4.79 Å². The number of rotatable bonds is 2. The van der Waals surface area contributed by atoms with Crippen molar-refractivity contribution in [2.75, 3.05) is 26.5 Å². The van der Waals surface area contributed by atoms with E-state index in [2.05, 4.69) is 6.92 Å². The summed E-state index contributed by atoms with van der Waals surface area (Å²) in [4.78, 5) is 14.3. The topological polar surface area (TPSA) is 48.0 Å². The molecule has 0 spiro atoms. The Morgan fingerprint density at radius 1 is 1.45 bits per heavy atom. The molecule has 3 rings (SSSR count). The predicted octanol–water partition coefficient (Wildman–Crippen LogP) is 2.32. The summed E-state index contributed by atoms with van der Waals surface area (Å²) < 4.78 is 16.1. The first kappa shape index (κ1) is 13.5. The lowest BCUT2D eigenvalue weighted by atomic mass is 10.1. The number of amides is 1. The van der Waals surface area contributed by atoms with E-state index in [0.29, 0.717) is 41.8 Å². The summed E-state index contributed by atoms with van der Waals surface area (Å²) in [5.74, 6) is 0.990. The molecule has 1 saturated heterocycles. The number of halogens is 1. The summed E-state index contributed by atoms with van der Waals surface area (Å²) in [5, 5.41) is 0.406. The van der Waals surface area contributed by atoms with E-state index in [0.717, 1.165) is 6.42 Å². The molecule has 0 aliphatic carbocycles. The van der Waals surface area contributed by atoms with Gasteiger partial charge in [-0.15, -0.1) is 0 Å². The number of nitrogens with zero attached hydrogens (tertiary/aromatic N) is 1. The van der Waals surface area contributed by atoms with Gasteiger partial charge in [-0.1, -0.05) is 18.5 Å². The molecule has 1 aromatic rings. The van der Waals surface area contributed by atoms with Gasteiger partial charge in [0, 0.05) is 18.7 Å². The van der Waals surface area contributed by atoms with Crippen molar-refractivity contribution in [3.05, 3.63) is 22.7 Å². The zero-order valence-corrected chi connectivity index (χ0v) is 12.0. The molecule has 5 nitrogen and oxygen atoms in total. The summed E-state index contributed by atoms with van der Waals surface area (Å²) in [6.45, 7) is 3.98. The van der Waals surface area contributed by atoms with E-state index in [4.69, 9.17) is 25.8 Å². The van der Waals surface area contributed by atoms with E-state index in [9.17, 15) is 4.79 Å². The van der Waals surface area contributed by atoms with Gasteiger partial charge in [0.05, 0.1) is 17.7 Å². The lowest BCUT2D eigenvalue weighted by molar-refractivity contribution is -0.0226. The number of hydrogen-bond acceptors (Lipinski definition) is 4. The maximum absolute atomic E-state index is 12.5. The third-order valence-electron chi connectivity index (χ3n) is 3.56. The highest BCUT2D eigenvalue weighted by molar-refractivity contribution is 6.32. The van der Waals surface area contributed by atoms with Crippen LogP contribution in [-0.2, 0) is 4.74 Å². The van der Waals surface area contributed by atoms with E-state index in [1.54, 1.807) is 17.0 Å². The molecule has 1 aromatic carbocycles. The zero-order chi connectivity index (χ0) is 14.1. The number of benzene rings is 1. The van der Waals surface area contributed by atoms with Crippen molar-refractivity contribution in [1.29, 1.82) is 0 Å². The molecule has 0 N–H and O–H groups in total. The van der Waals surface area contributed by atoms with Crippen molar-refractivity contribution >= 4 is 17.5 Å². The Morgan fingerprint density at radius 2 is 2.30 bits per heavy atom. The SMILES string of the molecule is CC[C@@H]1CN(C(=O)c2cc(Cl)c3c(c2)OCO3)CCO1. The minimum atomic E-state index is -0.0491. The van der Waals surface area contributed by atoms with Crippen LogP contribution in [0.1, 0.15) is 23.7 Å². The van der Waals surface area contributed by atoms with Crippen LogP contribution in [0.4, 0.5) is 0 Å². The summed E-state index contributed by atoms with van der Waals surface area (Å²) in [7, 11) is 0. The Balaban J connectivity index is 1.82. The van der Waals surface area contributed by atoms with Crippen molar-refractivity contribution in [3.63, 3.8) is 0 Å². The first-order valence-corrected chi connectivity index (χ1v) is 7.07. The smallest absolute Gasteiger partial charge is 0.254 e. The Kier molecular flexibility index (Phi) is 3.72. The van der Waals surface area contributed by atoms with Gasteiger partial charge in [-0.2, -0.15) is 0 Å². The number of hydrogen-bond donors (Lipinski definition) is 0. The van der Waals surface area contributed by atoms with Gasteiger partial charge >= 0.3 is 0 Å². The van der Waals surface area contributed by atoms with E-state index in [1.165, 1.54) is 0 Å². The van der Waals surface area contributed by atoms with Crippen LogP contribution < -0.4 is 9.47 Å². The molecule has 108 valence electrons. The largest absolute Gasteiger partial charge is 0.454 e. The van der Waals surface area contributed by atoms with Crippen LogP contribution in [0.5, 0.6) is 11.5 Å². The predicted molar refractivity (Wildman–Crippen MR) is 73.5 cm³/mol. The van der Waals surface area contributed by atoms with E-state index in [1.807, 2.05) is 0 Å². The number of carbonyl (C=O) groups excluding carboxylic acids is 1. The molecule has 1 atom stereocenters. The molecule has 0 radical (unpaired) electrons. The van der Waals surface area contributed by atoms with Crippen molar-refractivity contribution < 1.29 is 19.0 Å². The summed E-state index contributed by atoms with van der Waals surface area (Å²) in [6.07, 6.45) is 1.00. The van der Waals surface area contributed by atoms with Crippen LogP contribution in [0.15, 0.2) is 12.1 Å². The fourth-order valence-corrected chi connectivity index (χ4v) is 2.69. The number of morpholine rings is 1. The maximum atomic E-state index is 12.5. The zero-order valence-electron chi connectivity index (χ0n) is 11.2. The van der Waals surface area contributed by atoms with Gasteiger partial charge in [-0.25, -0.2) is 0 Å². The number of carbonyl (C=O) groups is 1. The standard InChI is InChI=1S/C14H16ClNO4/c1-2-10-7-16(3-4-18-10)14(17)9-5-11(15)13-12(6-9)19-8-20-13/h5-6,10H,2-4,7-8H2,1H3/t10-/m1/s1. The van der Waals surface area contributed by atoms with Crippen molar-refractivity contribution in [1.82, 2.24) is 4.90 Å². The first-order chi connectivity index (χ1) is 9.69. The molecule has 1 amide bonds. The molecule has 0 saturated carbocycles. The van der Waals surface area contributed by atoms with E-state index >= 15 is 0 Å². The Morgan fingerprint density at radius 3 is 3.10 bits per heavy atom. The van der Waals surface area contributed by atoms with Crippen LogP contribution >= 0.6 is 11.6 Å². The lowest BCUT2D eigenvalue weighted by Crippen LogP contribution is -2.45. The van der Waals surface area contributed by atoms with E-state index in [-0.39, 0.29) is 18.8 Å². The summed E-state index contributed by atoms with van der Waals surface area (Å²) >= 11 is 6.11. The average molecular weight is 298 g/mol. The summed E-state index contributed by atoms with van der Waals surface area (Å²) in [6, 6.07) is 3.32. The van der Waals surface area contributed by atoms with E-state index < -0.39 is 0 Å². The van der Waals surface area contributed by atoms with Crippen LogP contribution in [0.2, 0.25) is 5.02 Å². The van der Waals surface area contributed by atoms with Gasteiger partial charge in [0.2, 0.25) is 6.79 Å². The van der Waals surface area contributed by atoms with Crippen LogP contribution in [0, 0.1) is 0 Å². The molecule has 1 fully saturated rings. The molecule has 2 heterocycles. The van der Waals surface area contributed by atoms with Gasteiger partial charge in [-0.05, 0) is 18.6 Å². The van der Waals surface area contributed by atoms with Crippen LogP contribution in [0.3, 0.4) is 0 Å². The van der Waals surface area contributed by atoms with Crippen LogP contribution in [0.25, 0.3) is 0 Å². The number of fused-ring (bicyclic) bond motifs is 1. The monoisotopic (exact) mass is 297 g/mol. The minimum Gasteiger partial charge on any atom is -0.454 e. The van der Waals surface area contributed by atoms with Crippen LogP contribution in [-0.4, -0.2) is 43.4 Å². The highest BCUT2D eigenvalue weighted by Crippen LogP contribution is 2.40. The second kappa shape index (κ2) is 5.50. The van der Waals surface area contributed by atoms with Gasteiger partial charge in [0.1, 0.15) is 0 Å². The first-order valence-electron chi connectivity index (χ1n) is 6.69. The minimum absolute atomic E-state index is 0.0491.